The molecule has 0 aromatic heterocycles. The topological polar surface area (TPSA) is 86.8 Å². The first kappa shape index (κ1) is 29.4. The van der Waals surface area contributed by atoms with Crippen molar-refractivity contribution >= 4 is 27.5 Å². The van der Waals surface area contributed by atoms with Crippen LogP contribution < -0.4 is 9.62 Å². The van der Waals surface area contributed by atoms with Crippen LogP contribution in [-0.4, -0.2) is 50.0 Å². The van der Waals surface area contributed by atoms with Crippen LogP contribution in [0, 0.1) is 6.92 Å². The third-order valence-corrected chi connectivity index (χ3v) is 7.09. The number of aryl methyl sites for hydroxylation is 1. The number of carbonyl (C=O) groups excluding carboxylic acids is 2. The van der Waals surface area contributed by atoms with Crippen molar-refractivity contribution in [1.29, 1.82) is 0 Å². The quantitative estimate of drug-likeness (QED) is 0.508. The molecule has 36 heavy (non-hydrogen) atoms. The van der Waals surface area contributed by atoms with Gasteiger partial charge in [-0.05, 0) is 55.9 Å². The molecule has 2 rings (SSSR count). The van der Waals surface area contributed by atoms with E-state index in [4.69, 9.17) is 0 Å². The molecular formula is C28H41N3O4S. The van der Waals surface area contributed by atoms with Gasteiger partial charge in [0.1, 0.15) is 12.6 Å². The Morgan fingerprint density at radius 2 is 1.64 bits per heavy atom. The number of amides is 2. The summed E-state index contributed by atoms with van der Waals surface area (Å²) in [6.07, 6.45) is 1.49. The average Bonchev–Trinajstić information content (AvgIpc) is 2.75. The van der Waals surface area contributed by atoms with Crippen LogP contribution in [0.5, 0.6) is 0 Å². The molecule has 0 heterocycles. The molecule has 0 spiro atoms. The van der Waals surface area contributed by atoms with Crippen molar-refractivity contribution in [2.75, 3.05) is 17.1 Å². The third-order valence-electron chi connectivity index (χ3n) is 5.95. The van der Waals surface area contributed by atoms with Crippen molar-refractivity contribution in [1.82, 2.24) is 10.2 Å². The van der Waals surface area contributed by atoms with Gasteiger partial charge in [0, 0.05) is 12.6 Å². The van der Waals surface area contributed by atoms with Gasteiger partial charge in [0.2, 0.25) is 21.8 Å². The van der Waals surface area contributed by atoms with E-state index in [0.29, 0.717) is 12.1 Å². The number of hydrogen-bond acceptors (Lipinski definition) is 4. The van der Waals surface area contributed by atoms with Crippen molar-refractivity contribution in [2.24, 2.45) is 0 Å². The Balaban J connectivity index is 2.45. The van der Waals surface area contributed by atoms with Crippen LogP contribution in [0.25, 0.3) is 0 Å². The zero-order valence-electron chi connectivity index (χ0n) is 22.8. The molecule has 198 valence electrons. The first-order chi connectivity index (χ1) is 16.6. The summed E-state index contributed by atoms with van der Waals surface area (Å²) >= 11 is 0. The van der Waals surface area contributed by atoms with E-state index in [2.05, 4.69) is 26.1 Å². The minimum absolute atomic E-state index is 0.0867. The lowest BCUT2D eigenvalue weighted by molar-refractivity contribution is -0.140. The Labute approximate surface area is 216 Å². The van der Waals surface area contributed by atoms with Crippen molar-refractivity contribution < 1.29 is 18.0 Å². The highest BCUT2D eigenvalue weighted by Gasteiger charge is 2.32. The Kier molecular flexibility index (Phi) is 9.71. The number of nitrogens with zero attached hydrogens (tertiary/aromatic N) is 2. The highest BCUT2D eigenvalue weighted by Crippen LogP contribution is 2.26. The molecule has 7 nitrogen and oxygen atoms in total. The predicted octanol–water partition coefficient (Wildman–Crippen LogP) is 4.39. The molecule has 0 unspecified atom stereocenters. The van der Waals surface area contributed by atoms with E-state index in [0.717, 1.165) is 27.3 Å². The number of benzene rings is 2. The molecule has 8 heteroatoms. The maximum absolute atomic E-state index is 13.7. The zero-order valence-corrected chi connectivity index (χ0v) is 23.6. The second-order valence-corrected chi connectivity index (χ2v) is 12.6. The van der Waals surface area contributed by atoms with Crippen LogP contribution in [0.3, 0.4) is 0 Å². The van der Waals surface area contributed by atoms with Gasteiger partial charge in [0.15, 0.2) is 0 Å². The molecular weight excluding hydrogens is 474 g/mol. The summed E-state index contributed by atoms with van der Waals surface area (Å²) < 4.78 is 26.6. The molecule has 0 fully saturated rings. The Morgan fingerprint density at radius 1 is 1.03 bits per heavy atom. The molecule has 0 aliphatic carbocycles. The second kappa shape index (κ2) is 11.9. The fraction of sp³-hybridized carbons (Fsp3) is 0.500. The standard InChI is InChI=1S/C28H41N3O4S/c1-9-25(27(33)29-20(2)3)30(18-22-12-10-11-21(4)17-22)26(32)19-31(36(8,34)35)24-15-13-23(14-16-24)28(5,6)7/h10-17,20,25H,9,18-19H2,1-8H3,(H,29,33)/t25-/m1/s1. The molecule has 2 aromatic rings. The monoisotopic (exact) mass is 515 g/mol. The largest absolute Gasteiger partial charge is 0.352 e. The minimum atomic E-state index is -3.76. The van der Waals surface area contributed by atoms with Gasteiger partial charge in [-0.1, -0.05) is 69.7 Å². The van der Waals surface area contributed by atoms with E-state index in [1.54, 1.807) is 12.1 Å². The van der Waals surface area contributed by atoms with Gasteiger partial charge in [-0.25, -0.2) is 8.42 Å². The predicted molar refractivity (Wildman–Crippen MR) is 146 cm³/mol. The smallest absolute Gasteiger partial charge is 0.244 e. The van der Waals surface area contributed by atoms with Crippen molar-refractivity contribution in [2.45, 2.75) is 78.9 Å². The van der Waals surface area contributed by atoms with E-state index < -0.39 is 28.5 Å². The molecule has 0 bridgehead atoms. The summed E-state index contributed by atoms with van der Waals surface area (Å²) in [5.74, 6) is -0.693. The van der Waals surface area contributed by atoms with E-state index in [-0.39, 0.29) is 23.9 Å². The number of anilines is 1. The van der Waals surface area contributed by atoms with Gasteiger partial charge in [0.25, 0.3) is 0 Å². The van der Waals surface area contributed by atoms with E-state index in [9.17, 15) is 18.0 Å². The van der Waals surface area contributed by atoms with E-state index >= 15 is 0 Å². The average molecular weight is 516 g/mol. The van der Waals surface area contributed by atoms with Gasteiger partial charge in [-0.2, -0.15) is 0 Å². The Morgan fingerprint density at radius 3 is 2.11 bits per heavy atom. The van der Waals surface area contributed by atoms with Crippen LogP contribution in [0.15, 0.2) is 48.5 Å². The van der Waals surface area contributed by atoms with Gasteiger partial charge < -0.3 is 10.2 Å². The summed E-state index contributed by atoms with van der Waals surface area (Å²) in [7, 11) is -3.76. The van der Waals surface area contributed by atoms with E-state index in [1.807, 2.05) is 64.1 Å². The molecule has 0 aliphatic rings. The summed E-state index contributed by atoms with van der Waals surface area (Å²) in [6, 6.07) is 14.1. The molecule has 2 aromatic carbocycles. The maximum atomic E-state index is 13.7. The van der Waals surface area contributed by atoms with Crippen LogP contribution >= 0.6 is 0 Å². The summed E-state index contributed by atoms with van der Waals surface area (Å²) in [5, 5.41) is 2.90. The summed E-state index contributed by atoms with van der Waals surface area (Å²) in [5.41, 5.74) is 3.29. The zero-order chi connectivity index (χ0) is 27.3. The number of hydrogen-bond donors (Lipinski definition) is 1. The van der Waals surface area contributed by atoms with Crippen LogP contribution in [0.1, 0.15) is 64.7 Å². The van der Waals surface area contributed by atoms with Crippen molar-refractivity contribution in [3.8, 4) is 0 Å². The lowest BCUT2D eigenvalue weighted by Gasteiger charge is -2.33. The highest BCUT2D eigenvalue weighted by atomic mass is 32.2. The molecule has 0 radical (unpaired) electrons. The molecule has 2 amide bonds. The SMILES string of the molecule is CC[C@H](C(=O)NC(C)C)N(Cc1cccc(C)c1)C(=O)CN(c1ccc(C(C)(C)C)cc1)S(C)(=O)=O. The fourth-order valence-corrected chi connectivity index (χ4v) is 4.90. The number of carbonyl (C=O) groups is 2. The maximum Gasteiger partial charge on any atom is 0.244 e. The highest BCUT2D eigenvalue weighted by molar-refractivity contribution is 7.92. The molecule has 0 saturated carbocycles. The normalized spacial score (nSPS) is 12.8. The van der Waals surface area contributed by atoms with Crippen LogP contribution in [-0.2, 0) is 31.6 Å². The Bertz CT molecular complexity index is 1150. The van der Waals surface area contributed by atoms with Gasteiger partial charge in [-0.15, -0.1) is 0 Å². The van der Waals surface area contributed by atoms with Crippen LogP contribution in [0.2, 0.25) is 0 Å². The lowest BCUT2D eigenvalue weighted by Crippen LogP contribution is -2.53. The summed E-state index contributed by atoms with van der Waals surface area (Å²) in [4.78, 5) is 28.2. The van der Waals surface area contributed by atoms with Crippen molar-refractivity contribution in [3.63, 3.8) is 0 Å². The van der Waals surface area contributed by atoms with Crippen molar-refractivity contribution in [3.05, 3.63) is 65.2 Å². The minimum Gasteiger partial charge on any atom is -0.352 e. The van der Waals surface area contributed by atoms with Gasteiger partial charge in [0.05, 0.1) is 11.9 Å². The number of rotatable bonds is 10. The second-order valence-electron chi connectivity index (χ2n) is 10.7. The number of nitrogens with one attached hydrogen (secondary N) is 1. The van der Waals surface area contributed by atoms with Gasteiger partial charge >= 0.3 is 0 Å². The first-order valence-corrected chi connectivity index (χ1v) is 14.2. The first-order valence-electron chi connectivity index (χ1n) is 12.4. The molecule has 1 atom stereocenters. The van der Waals surface area contributed by atoms with Crippen LogP contribution in [0.4, 0.5) is 5.69 Å². The molecule has 1 N–H and O–H groups in total. The number of sulfonamides is 1. The Hall–Kier alpha value is -2.87. The molecule has 0 aliphatic heterocycles. The fourth-order valence-electron chi connectivity index (χ4n) is 4.05. The van der Waals surface area contributed by atoms with Gasteiger partial charge in [-0.3, -0.25) is 13.9 Å². The third kappa shape index (κ3) is 8.08. The molecule has 0 saturated heterocycles. The lowest BCUT2D eigenvalue weighted by atomic mass is 9.87. The van der Waals surface area contributed by atoms with E-state index in [1.165, 1.54) is 4.90 Å². The summed E-state index contributed by atoms with van der Waals surface area (Å²) in [6.45, 7) is 13.6.